The van der Waals surface area contributed by atoms with E-state index < -0.39 is 20.0 Å². The zero-order valence-corrected chi connectivity index (χ0v) is 27.4. The molecule has 5 aromatic carbocycles. The predicted octanol–water partition coefficient (Wildman–Crippen LogP) is 6.68. The molecule has 0 fully saturated rings. The Morgan fingerprint density at radius 2 is 0.894 bits per heavy atom. The number of aryl methyl sites for hydroxylation is 2. The van der Waals surface area contributed by atoms with E-state index in [4.69, 9.17) is 0 Å². The summed E-state index contributed by atoms with van der Waals surface area (Å²) >= 11 is 0. The van der Waals surface area contributed by atoms with Crippen LogP contribution in [0.3, 0.4) is 0 Å². The predicted molar refractivity (Wildman–Crippen MR) is 183 cm³/mol. The highest BCUT2D eigenvalue weighted by Crippen LogP contribution is 2.30. The molecule has 0 N–H and O–H groups in total. The van der Waals surface area contributed by atoms with Crippen LogP contribution in [-0.4, -0.2) is 35.2 Å². The van der Waals surface area contributed by atoms with Crippen molar-refractivity contribution >= 4 is 47.5 Å². The van der Waals surface area contributed by atoms with Crippen LogP contribution in [0.15, 0.2) is 137 Å². The number of hydrogen-bond acceptors (Lipinski definition) is 7. The summed E-state index contributed by atoms with van der Waals surface area (Å²) in [6, 6.07) is 37.5. The van der Waals surface area contributed by atoms with Gasteiger partial charge in [-0.3, -0.25) is 0 Å². The van der Waals surface area contributed by atoms with Gasteiger partial charge in [0.15, 0.2) is 0 Å². The Morgan fingerprint density at radius 1 is 0.511 bits per heavy atom. The first-order chi connectivity index (χ1) is 22.6. The van der Waals surface area contributed by atoms with Gasteiger partial charge in [0.2, 0.25) is 0 Å². The monoisotopic (exact) mass is 661 g/mol. The number of para-hydroxylation sites is 3. The minimum absolute atomic E-state index is 0.148. The Balaban J connectivity index is 1.33. The first-order valence-electron chi connectivity index (χ1n) is 15.0. The van der Waals surface area contributed by atoms with Crippen molar-refractivity contribution in [1.82, 2.24) is 18.4 Å². The molecule has 2 heterocycles. The molecule has 0 aliphatic heterocycles. The van der Waals surface area contributed by atoms with Crippen molar-refractivity contribution in [1.29, 1.82) is 0 Å². The van der Waals surface area contributed by atoms with Gasteiger partial charge in [-0.05, 0) is 62.4 Å². The minimum Gasteiger partial charge on any atom is -0.360 e. The van der Waals surface area contributed by atoms with E-state index in [9.17, 15) is 16.8 Å². The number of fused-ring (bicyclic) bond motifs is 2. The molecule has 2 aromatic heterocycles. The second-order valence-electron chi connectivity index (χ2n) is 11.4. The van der Waals surface area contributed by atoms with Gasteiger partial charge in [0.1, 0.15) is 0 Å². The smallest absolute Gasteiger partial charge is 0.283 e. The van der Waals surface area contributed by atoms with E-state index in [2.05, 4.69) is 10.2 Å². The largest absolute Gasteiger partial charge is 0.360 e. The number of benzene rings is 5. The van der Waals surface area contributed by atoms with E-state index in [-0.39, 0.29) is 22.9 Å². The van der Waals surface area contributed by atoms with Crippen molar-refractivity contribution in [3.63, 3.8) is 0 Å². The van der Waals surface area contributed by atoms with Crippen LogP contribution in [0.5, 0.6) is 0 Å². The van der Waals surface area contributed by atoms with Crippen LogP contribution in [-0.2, 0) is 33.1 Å². The Morgan fingerprint density at radius 3 is 1.32 bits per heavy atom. The summed E-state index contributed by atoms with van der Waals surface area (Å²) in [4.78, 5) is 2.32. The molecule has 0 aliphatic carbocycles. The molecule has 0 atom stereocenters. The third kappa shape index (κ3) is 5.57. The highest BCUT2D eigenvalue weighted by Gasteiger charge is 2.26. The fourth-order valence-electron chi connectivity index (χ4n) is 5.66. The molecule has 0 bridgehead atoms. The van der Waals surface area contributed by atoms with Gasteiger partial charge in [-0.2, -0.15) is 35.2 Å². The molecule has 0 radical (unpaired) electrons. The van der Waals surface area contributed by atoms with Gasteiger partial charge in [0.05, 0.1) is 45.3 Å². The molecule has 0 amide bonds. The van der Waals surface area contributed by atoms with Gasteiger partial charge in [0.25, 0.3) is 20.0 Å². The summed E-state index contributed by atoms with van der Waals surface area (Å²) < 4.78 is 57.5. The molecular weight excluding hydrogens is 631 g/mol. The molecule has 0 aliphatic rings. The van der Waals surface area contributed by atoms with Crippen LogP contribution in [0.25, 0.3) is 21.8 Å². The third-order valence-electron chi connectivity index (χ3n) is 8.16. The molecule has 47 heavy (non-hydrogen) atoms. The lowest BCUT2D eigenvalue weighted by Gasteiger charge is -2.23. The maximum absolute atomic E-state index is 13.8. The van der Waals surface area contributed by atoms with Crippen LogP contribution in [0.2, 0.25) is 0 Å². The van der Waals surface area contributed by atoms with Gasteiger partial charge in [-0.25, -0.2) is 0 Å². The van der Waals surface area contributed by atoms with E-state index in [0.29, 0.717) is 33.2 Å². The van der Waals surface area contributed by atoms with E-state index in [1.807, 2.05) is 73.3 Å². The van der Waals surface area contributed by atoms with E-state index >= 15 is 0 Å². The zero-order chi connectivity index (χ0) is 32.8. The molecule has 236 valence electrons. The Bertz CT molecular complexity index is 2300. The van der Waals surface area contributed by atoms with Crippen molar-refractivity contribution in [2.45, 2.75) is 36.7 Å². The van der Waals surface area contributed by atoms with Gasteiger partial charge >= 0.3 is 0 Å². The van der Waals surface area contributed by atoms with E-state index in [1.54, 1.807) is 72.8 Å². The van der Waals surface area contributed by atoms with Crippen LogP contribution in [0.1, 0.15) is 22.5 Å². The first-order valence-corrected chi connectivity index (χ1v) is 17.9. The molecule has 0 saturated carbocycles. The van der Waals surface area contributed by atoms with Crippen molar-refractivity contribution in [2.75, 3.05) is 4.90 Å². The summed E-state index contributed by atoms with van der Waals surface area (Å²) in [5, 5.41) is 10.8. The summed E-state index contributed by atoms with van der Waals surface area (Å²) in [6.45, 7) is 4.26. The second-order valence-corrected chi connectivity index (χ2v) is 15.0. The number of aromatic nitrogens is 4. The summed E-state index contributed by atoms with van der Waals surface area (Å²) in [5.41, 5.74) is 4.79. The lowest BCUT2D eigenvalue weighted by atomic mass is 10.1. The molecule has 0 spiro atoms. The fraction of sp³-hybridized carbons (Fsp3) is 0.111. The summed E-state index contributed by atoms with van der Waals surface area (Å²) in [5.74, 6) is 0. The average molecular weight is 662 g/mol. The number of rotatable bonds is 9. The molecule has 9 nitrogen and oxygen atoms in total. The van der Waals surface area contributed by atoms with Gasteiger partial charge < -0.3 is 4.90 Å². The van der Waals surface area contributed by atoms with Crippen LogP contribution >= 0.6 is 0 Å². The van der Waals surface area contributed by atoms with Crippen LogP contribution in [0.4, 0.5) is 5.69 Å². The topological polar surface area (TPSA) is 107 Å². The Labute approximate surface area is 273 Å². The van der Waals surface area contributed by atoms with Crippen molar-refractivity contribution in [2.24, 2.45) is 0 Å². The van der Waals surface area contributed by atoms with Crippen molar-refractivity contribution < 1.29 is 16.8 Å². The standard InChI is InChI=1S/C36H31N5O4S2/c1-26-16-20-29(21-17-26)46(42,43)40-35-14-8-6-12-31(35)33(37-40)24-39(28-10-4-3-5-11-28)25-34-32-13-7-9-15-36(32)41(38-34)47(44,45)30-22-18-27(2)19-23-30/h3-23H,24-25H2,1-2H3. The highest BCUT2D eigenvalue weighted by atomic mass is 32.2. The molecule has 7 rings (SSSR count). The minimum atomic E-state index is -3.99. The average Bonchev–Trinajstić information content (AvgIpc) is 3.65. The summed E-state index contributed by atoms with van der Waals surface area (Å²) in [6.07, 6.45) is 0. The van der Waals surface area contributed by atoms with Gasteiger partial charge in [-0.1, -0.05) is 90.0 Å². The molecular formula is C36H31N5O4S2. The lowest BCUT2D eigenvalue weighted by molar-refractivity contribution is 0.580. The Kier molecular flexibility index (Phi) is 7.65. The van der Waals surface area contributed by atoms with Crippen LogP contribution < -0.4 is 4.90 Å². The zero-order valence-electron chi connectivity index (χ0n) is 25.7. The normalized spacial score (nSPS) is 12.1. The SMILES string of the molecule is Cc1ccc(S(=O)(=O)n2nc(CN(Cc3nn(S(=O)(=O)c4ccc(C)cc4)c4ccccc34)c3ccccc3)c3ccccc32)cc1. The first kappa shape index (κ1) is 30.4. The van der Waals surface area contributed by atoms with Crippen molar-refractivity contribution in [3.05, 3.63) is 150 Å². The number of nitrogens with zero attached hydrogens (tertiary/aromatic N) is 5. The number of hydrogen-bond donors (Lipinski definition) is 0. The second kappa shape index (κ2) is 11.8. The van der Waals surface area contributed by atoms with Gasteiger partial charge in [-0.15, -0.1) is 0 Å². The molecule has 0 unspecified atom stereocenters. The lowest BCUT2D eigenvalue weighted by Crippen LogP contribution is -2.24. The van der Waals surface area contributed by atoms with Gasteiger partial charge in [0, 0.05) is 16.5 Å². The third-order valence-corrected chi connectivity index (χ3v) is 11.4. The Hall–Kier alpha value is -5.26. The van der Waals surface area contributed by atoms with E-state index in [0.717, 1.165) is 25.0 Å². The quantitative estimate of drug-likeness (QED) is 0.170. The van der Waals surface area contributed by atoms with Crippen molar-refractivity contribution in [3.8, 4) is 0 Å². The van der Waals surface area contributed by atoms with E-state index in [1.165, 1.54) is 0 Å². The number of anilines is 1. The molecule has 11 heteroatoms. The maximum Gasteiger partial charge on any atom is 0.283 e. The van der Waals surface area contributed by atoms with Crippen LogP contribution in [0, 0.1) is 13.8 Å². The highest BCUT2D eigenvalue weighted by molar-refractivity contribution is 7.90. The molecule has 0 saturated heterocycles. The summed E-state index contributed by atoms with van der Waals surface area (Å²) in [7, 11) is -7.97. The molecule has 7 aromatic rings. The maximum atomic E-state index is 13.8. The fourth-order valence-corrected chi connectivity index (χ4v) is 8.27.